The molecule has 0 spiro atoms. The van der Waals surface area contributed by atoms with Gasteiger partial charge in [-0.1, -0.05) is 42.1 Å². The van der Waals surface area contributed by atoms with Gasteiger partial charge in [-0.05, 0) is 18.9 Å². The Morgan fingerprint density at radius 2 is 2.17 bits per heavy atom. The highest BCUT2D eigenvalue weighted by Gasteiger charge is 2.32. The van der Waals surface area contributed by atoms with E-state index in [0.29, 0.717) is 18.3 Å². The monoisotopic (exact) mass is 349 g/mol. The fourth-order valence-corrected chi connectivity index (χ4v) is 3.38. The first-order valence-electron chi connectivity index (χ1n) is 7.93. The molecule has 24 heavy (non-hydrogen) atoms. The number of aliphatic imine (C=N–C) groups is 1. The molecule has 0 aliphatic carbocycles. The Hall–Kier alpha value is -1.86. The molecule has 2 rings (SSSR count). The van der Waals surface area contributed by atoms with Crippen LogP contribution in [0.2, 0.25) is 0 Å². The summed E-state index contributed by atoms with van der Waals surface area (Å²) in [6, 6.07) is 9.93. The molecule has 0 saturated carbocycles. The maximum absolute atomic E-state index is 12.0. The van der Waals surface area contributed by atoms with E-state index in [1.54, 1.807) is 7.11 Å². The van der Waals surface area contributed by atoms with Crippen LogP contribution in [0, 0.1) is 0 Å². The lowest BCUT2D eigenvalue weighted by Crippen LogP contribution is -2.32. The molecule has 1 aliphatic rings. The minimum Gasteiger partial charge on any atom is -0.382 e. The molecule has 6 nitrogen and oxygen atoms in total. The van der Waals surface area contributed by atoms with E-state index < -0.39 is 5.25 Å². The Kier molecular flexibility index (Phi) is 7.27. The molecule has 1 aromatic rings. The fraction of sp³-hybridized carbons (Fsp3) is 0.471. The molecule has 2 amide bonds. The van der Waals surface area contributed by atoms with Crippen LogP contribution in [0.4, 0.5) is 0 Å². The quantitative estimate of drug-likeness (QED) is 0.743. The second kappa shape index (κ2) is 9.44. The molecule has 0 aromatic heterocycles. The van der Waals surface area contributed by atoms with Gasteiger partial charge in [0, 0.05) is 20.1 Å². The summed E-state index contributed by atoms with van der Waals surface area (Å²) in [4.78, 5) is 28.3. The highest BCUT2D eigenvalue weighted by atomic mass is 32.2. The van der Waals surface area contributed by atoms with Crippen LogP contribution in [0.5, 0.6) is 0 Å². The number of hydrogen-bond donors (Lipinski definition) is 2. The van der Waals surface area contributed by atoms with Crippen LogP contribution in [0.25, 0.3) is 0 Å². The van der Waals surface area contributed by atoms with Crippen molar-refractivity contribution < 1.29 is 14.3 Å². The summed E-state index contributed by atoms with van der Waals surface area (Å²) >= 11 is 1.30. The SMILES string of the molecule is COCC(C)N=C1NC(=O)C(CC(=O)NCCc2ccccc2)S1. The van der Waals surface area contributed by atoms with Gasteiger partial charge >= 0.3 is 0 Å². The molecule has 130 valence electrons. The highest BCUT2D eigenvalue weighted by molar-refractivity contribution is 8.15. The van der Waals surface area contributed by atoms with Gasteiger partial charge in [-0.2, -0.15) is 0 Å². The van der Waals surface area contributed by atoms with Crippen LogP contribution in [-0.4, -0.2) is 48.5 Å². The fourth-order valence-electron chi connectivity index (χ4n) is 2.31. The van der Waals surface area contributed by atoms with E-state index >= 15 is 0 Å². The van der Waals surface area contributed by atoms with Crippen molar-refractivity contribution in [2.24, 2.45) is 4.99 Å². The van der Waals surface area contributed by atoms with Gasteiger partial charge in [0.1, 0.15) is 5.25 Å². The maximum Gasteiger partial charge on any atom is 0.240 e. The number of amidine groups is 1. The van der Waals surface area contributed by atoms with Crippen LogP contribution in [0.15, 0.2) is 35.3 Å². The van der Waals surface area contributed by atoms with Crippen LogP contribution in [0.3, 0.4) is 0 Å². The van der Waals surface area contributed by atoms with Gasteiger partial charge in [-0.15, -0.1) is 0 Å². The van der Waals surface area contributed by atoms with E-state index in [1.165, 1.54) is 17.3 Å². The molecular weight excluding hydrogens is 326 g/mol. The Bertz CT molecular complexity index is 592. The molecule has 1 heterocycles. The van der Waals surface area contributed by atoms with Crippen molar-refractivity contribution in [3.8, 4) is 0 Å². The van der Waals surface area contributed by atoms with Crippen LogP contribution in [-0.2, 0) is 20.7 Å². The number of hydrogen-bond acceptors (Lipinski definition) is 5. The van der Waals surface area contributed by atoms with E-state index in [4.69, 9.17) is 4.74 Å². The summed E-state index contributed by atoms with van der Waals surface area (Å²) in [5.41, 5.74) is 1.17. The number of thioether (sulfide) groups is 1. The zero-order chi connectivity index (χ0) is 17.4. The lowest BCUT2D eigenvalue weighted by Gasteiger charge is -2.07. The predicted octanol–water partition coefficient (Wildman–Crippen LogP) is 1.36. The van der Waals surface area contributed by atoms with E-state index in [-0.39, 0.29) is 24.3 Å². The number of carbonyl (C=O) groups excluding carboxylic acids is 2. The zero-order valence-corrected chi connectivity index (χ0v) is 14.8. The van der Waals surface area contributed by atoms with Crippen molar-refractivity contribution in [2.75, 3.05) is 20.3 Å². The number of carbonyl (C=O) groups is 2. The Morgan fingerprint density at radius 1 is 1.42 bits per heavy atom. The Labute approximate surface area is 146 Å². The average Bonchev–Trinajstić information content (AvgIpc) is 2.88. The van der Waals surface area contributed by atoms with Crippen LogP contribution >= 0.6 is 11.8 Å². The molecule has 0 radical (unpaired) electrons. The van der Waals surface area contributed by atoms with Crippen molar-refractivity contribution in [1.29, 1.82) is 0 Å². The molecule has 1 aliphatic heterocycles. The molecule has 2 N–H and O–H groups in total. The average molecular weight is 349 g/mol. The predicted molar refractivity (Wildman–Crippen MR) is 96.1 cm³/mol. The van der Waals surface area contributed by atoms with Crippen LogP contribution < -0.4 is 10.6 Å². The minimum absolute atomic E-state index is 0.0313. The number of nitrogens with zero attached hydrogens (tertiary/aromatic N) is 1. The molecule has 7 heteroatoms. The van der Waals surface area contributed by atoms with Crippen molar-refractivity contribution >= 4 is 28.7 Å². The van der Waals surface area contributed by atoms with Gasteiger partial charge in [-0.3, -0.25) is 14.6 Å². The Balaban J connectivity index is 1.74. The third-order valence-electron chi connectivity index (χ3n) is 3.47. The zero-order valence-electron chi connectivity index (χ0n) is 14.0. The second-order valence-electron chi connectivity index (χ2n) is 5.62. The molecule has 1 saturated heterocycles. The van der Waals surface area contributed by atoms with Crippen molar-refractivity contribution in [3.63, 3.8) is 0 Å². The molecule has 2 atom stereocenters. The first-order valence-corrected chi connectivity index (χ1v) is 8.81. The summed E-state index contributed by atoms with van der Waals surface area (Å²) in [7, 11) is 1.61. The van der Waals surface area contributed by atoms with E-state index in [0.717, 1.165) is 6.42 Å². The minimum atomic E-state index is -0.421. The van der Waals surface area contributed by atoms with E-state index in [9.17, 15) is 9.59 Å². The smallest absolute Gasteiger partial charge is 0.240 e. The number of benzene rings is 1. The van der Waals surface area contributed by atoms with Gasteiger partial charge in [0.05, 0.1) is 12.6 Å². The van der Waals surface area contributed by atoms with Crippen molar-refractivity contribution in [3.05, 3.63) is 35.9 Å². The highest BCUT2D eigenvalue weighted by Crippen LogP contribution is 2.22. The van der Waals surface area contributed by atoms with Gasteiger partial charge in [-0.25, -0.2) is 0 Å². The summed E-state index contributed by atoms with van der Waals surface area (Å²) in [6.45, 7) is 2.96. The second-order valence-corrected chi connectivity index (χ2v) is 6.82. The summed E-state index contributed by atoms with van der Waals surface area (Å²) < 4.78 is 5.02. The molecule has 2 unspecified atom stereocenters. The van der Waals surface area contributed by atoms with E-state index in [1.807, 2.05) is 37.3 Å². The number of methoxy groups -OCH3 is 1. The normalized spacial score (nSPS) is 20.0. The number of ether oxygens (including phenoxy) is 1. The molecular formula is C17H23N3O3S. The number of nitrogens with one attached hydrogen (secondary N) is 2. The van der Waals surface area contributed by atoms with Gasteiger partial charge < -0.3 is 15.4 Å². The third kappa shape index (κ3) is 5.98. The first-order chi connectivity index (χ1) is 11.6. The van der Waals surface area contributed by atoms with E-state index in [2.05, 4.69) is 15.6 Å². The largest absolute Gasteiger partial charge is 0.382 e. The van der Waals surface area contributed by atoms with Gasteiger partial charge in [0.15, 0.2) is 5.17 Å². The van der Waals surface area contributed by atoms with Crippen LogP contribution in [0.1, 0.15) is 18.9 Å². The van der Waals surface area contributed by atoms with Crippen molar-refractivity contribution in [1.82, 2.24) is 10.6 Å². The lowest BCUT2D eigenvalue weighted by molar-refractivity contribution is -0.125. The number of amides is 2. The number of rotatable bonds is 8. The molecule has 1 aromatic carbocycles. The van der Waals surface area contributed by atoms with Gasteiger partial charge in [0.2, 0.25) is 11.8 Å². The molecule has 1 fully saturated rings. The third-order valence-corrected chi connectivity index (χ3v) is 4.57. The maximum atomic E-state index is 12.0. The summed E-state index contributed by atoms with van der Waals surface area (Å²) in [5, 5.41) is 5.72. The topological polar surface area (TPSA) is 79.8 Å². The van der Waals surface area contributed by atoms with Gasteiger partial charge in [0.25, 0.3) is 0 Å². The molecule has 0 bridgehead atoms. The lowest BCUT2D eigenvalue weighted by atomic mass is 10.1. The first kappa shape index (κ1) is 18.5. The Morgan fingerprint density at radius 3 is 2.88 bits per heavy atom. The summed E-state index contributed by atoms with van der Waals surface area (Å²) in [6.07, 6.45) is 0.931. The summed E-state index contributed by atoms with van der Waals surface area (Å²) in [5.74, 6) is -0.286. The van der Waals surface area contributed by atoms with Crippen molar-refractivity contribution in [2.45, 2.75) is 31.1 Å². The standard InChI is InChI=1S/C17H23N3O3S/c1-12(11-23-2)19-17-20-16(22)14(24-17)10-15(21)18-9-8-13-6-4-3-5-7-13/h3-7,12,14H,8-11H2,1-2H3,(H,18,21)(H,19,20,22).